The summed E-state index contributed by atoms with van der Waals surface area (Å²) in [5.74, 6) is 0.123. The van der Waals surface area contributed by atoms with E-state index < -0.39 is 0 Å². The molecule has 0 atom stereocenters. The topological polar surface area (TPSA) is 41.5 Å². The Morgan fingerprint density at radius 3 is 2.73 bits per heavy atom. The van der Waals surface area contributed by atoms with Crippen LogP contribution in [0.1, 0.15) is 18.4 Å². The van der Waals surface area contributed by atoms with Crippen molar-refractivity contribution in [2.45, 2.75) is 12.8 Å². The Kier molecular flexibility index (Phi) is 3.12. The number of nitrogens with zero attached hydrogens (tertiary/aromatic N) is 1. The molecule has 0 aromatic heterocycles. The highest BCUT2D eigenvalue weighted by molar-refractivity contribution is 6.02. The van der Waals surface area contributed by atoms with Crippen LogP contribution in [-0.2, 0) is 4.79 Å². The first-order valence-corrected chi connectivity index (χ1v) is 5.22. The minimum absolute atomic E-state index is 0.123. The largest absolute Gasteiger partial charge is 0.354 e. The first kappa shape index (κ1) is 9.90. The maximum absolute atomic E-state index is 11.2. The van der Waals surface area contributed by atoms with Crippen molar-refractivity contribution in [3.63, 3.8) is 0 Å². The molecule has 1 heterocycles. The van der Waals surface area contributed by atoms with Crippen LogP contribution in [0.25, 0.3) is 0 Å². The van der Waals surface area contributed by atoms with Crippen LogP contribution >= 0.6 is 0 Å². The lowest BCUT2D eigenvalue weighted by Crippen LogP contribution is -2.28. The Bertz CT molecular complexity index is 370. The standard InChI is InChI=1S/C12H14N2O/c15-12-7-6-11(13-8-9-14-12)10-4-2-1-3-5-10/h1-5H,6-9H2,(H,14,15). The van der Waals surface area contributed by atoms with E-state index in [0.717, 1.165) is 17.7 Å². The molecule has 78 valence electrons. The summed E-state index contributed by atoms with van der Waals surface area (Å²) >= 11 is 0. The predicted molar refractivity (Wildman–Crippen MR) is 60.1 cm³/mol. The molecule has 3 heteroatoms. The van der Waals surface area contributed by atoms with E-state index in [1.54, 1.807) is 0 Å². The van der Waals surface area contributed by atoms with E-state index in [4.69, 9.17) is 0 Å². The summed E-state index contributed by atoms with van der Waals surface area (Å²) in [6.07, 6.45) is 1.27. The minimum atomic E-state index is 0.123. The van der Waals surface area contributed by atoms with Gasteiger partial charge in [0.1, 0.15) is 0 Å². The quantitative estimate of drug-likeness (QED) is 0.734. The van der Waals surface area contributed by atoms with E-state index >= 15 is 0 Å². The van der Waals surface area contributed by atoms with E-state index in [1.165, 1.54) is 0 Å². The summed E-state index contributed by atoms with van der Waals surface area (Å²) < 4.78 is 0. The lowest BCUT2D eigenvalue weighted by molar-refractivity contribution is -0.120. The summed E-state index contributed by atoms with van der Waals surface area (Å²) in [5, 5.41) is 2.81. The van der Waals surface area contributed by atoms with Crippen molar-refractivity contribution in [3.8, 4) is 0 Å². The third-order valence-corrected chi connectivity index (χ3v) is 2.43. The molecule has 15 heavy (non-hydrogen) atoms. The molecule has 1 aliphatic heterocycles. The number of amides is 1. The monoisotopic (exact) mass is 202 g/mol. The molecule has 1 aromatic carbocycles. The molecule has 0 bridgehead atoms. The number of aliphatic imine (C=N–C) groups is 1. The molecular formula is C12H14N2O. The van der Waals surface area contributed by atoms with E-state index in [2.05, 4.69) is 10.3 Å². The zero-order valence-corrected chi connectivity index (χ0v) is 8.57. The highest BCUT2D eigenvalue weighted by Crippen LogP contribution is 2.08. The van der Waals surface area contributed by atoms with Gasteiger partial charge in [0.05, 0.1) is 6.54 Å². The molecule has 1 N–H and O–H groups in total. The molecule has 1 aliphatic rings. The Labute approximate surface area is 89.2 Å². The second kappa shape index (κ2) is 4.73. The summed E-state index contributed by atoms with van der Waals surface area (Å²) in [7, 11) is 0. The van der Waals surface area contributed by atoms with Crippen molar-refractivity contribution >= 4 is 11.6 Å². The Balaban J connectivity index is 2.17. The summed E-state index contributed by atoms with van der Waals surface area (Å²) in [4.78, 5) is 15.7. The molecule has 0 spiro atoms. The lowest BCUT2D eigenvalue weighted by Gasteiger charge is -2.11. The molecule has 0 fully saturated rings. The van der Waals surface area contributed by atoms with Gasteiger partial charge >= 0.3 is 0 Å². The molecule has 0 saturated carbocycles. The van der Waals surface area contributed by atoms with Gasteiger partial charge in [0.25, 0.3) is 0 Å². The Hall–Kier alpha value is -1.64. The first-order valence-electron chi connectivity index (χ1n) is 5.22. The van der Waals surface area contributed by atoms with Crippen molar-refractivity contribution < 1.29 is 4.79 Å². The third-order valence-electron chi connectivity index (χ3n) is 2.43. The highest BCUT2D eigenvalue weighted by Gasteiger charge is 2.09. The first-order chi connectivity index (χ1) is 7.36. The fourth-order valence-electron chi connectivity index (χ4n) is 1.65. The Morgan fingerprint density at radius 2 is 1.93 bits per heavy atom. The molecule has 3 nitrogen and oxygen atoms in total. The molecule has 2 rings (SSSR count). The van der Waals surface area contributed by atoms with Crippen LogP contribution in [0.15, 0.2) is 35.3 Å². The van der Waals surface area contributed by atoms with Crippen LogP contribution in [0.2, 0.25) is 0 Å². The number of carbonyl (C=O) groups is 1. The summed E-state index contributed by atoms with van der Waals surface area (Å²) in [6, 6.07) is 10.1. The second-order valence-electron chi connectivity index (χ2n) is 3.54. The van der Waals surface area contributed by atoms with Crippen molar-refractivity contribution in [2.75, 3.05) is 13.1 Å². The van der Waals surface area contributed by atoms with Gasteiger partial charge in [-0.15, -0.1) is 0 Å². The smallest absolute Gasteiger partial charge is 0.220 e. The average Bonchev–Trinajstić information content (AvgIpc) is 2.25. The molecule has 0 saturated heterocycles. The zero-order valence-electron chi connectivity index (χ0n) is 8.57. The number of hydrogen-bond acceptors (Lipinski definition) is 2. The van der Waals surface area contributed by atoms with Gasteiger partial charge in [-0.3, -0.25) is 9.79 Å². The van der Waals surface area contributed by atoms with Gasteiger partial charge < -0.3 is 5.32 Å². The van der Waals surface area contributed by atoms with Gasteiger partial charge in [0, 0.05) is 18.7 Å². The molecule has 0 aliphatic carbocycles. The van der Waals surface area contributed by atoms with Crippen LogP contribution < -0.4 is 5.32 Å². The number of rotatable bonds is 1. The van der Waals surface area contributed by atoms with Gasteiger partial charge in [0.15, 0.2) is 0 Å². The van der Waals surface area contributed by atoms with E-state index in [0.29, 0.717) is 19.5 Å². The van der Waals surface area contributed by atoms with E-state index in [-0.39, 0.29) is 5.91 Å². The SMILES string of the molecule is O=C1CCC(c2ccccc2)=NCCN1. The van der Waals surface area contributed by atoms with Crippen molar-refractivity contribution in [1.82, 2.24) is 5.32 Å². The van der Waals surface area contributed by atoms with Crippen molar-refractivity contribution in [1.29, 1.82) is 0 Å². The number of nitrogens with one attached hydrogen (secondary N) is 1. The maximum atomic E-state index is 11.2. The maximum Gasteiger partial charge on any atom is 0.220 e. The molecular weight excluding hydrogens is 188 g/mol. The molecule has 1 amide bonds. The van der Waals surface area contributed by atoms with Crippen LogP contribution in [0.3, 0.4) is 0 Å². The van der Waals surface area contributed by atoms with Crippen LogP contribution in [-0.4, -0.2) is 24.7 Å². The van der Waals surface area contributed by atoms with Crippen molar-refractivity contribution in [3.05, 3.63) is 35.9 Å². The molecule has 1 aromatic rings. The fourth-order valence-corrected chi connectivity index (χ4v) is 1.65. The molecule has 0 radical (unpaired) electrons. The third kappa shape index (κ3) is 2.65. The summed E-state index contributed by atoms with van der Waals surface area (Å²) in [5.41, 5.74) is 2.18. The van der Waals surface area contributed by atoms with E-state index in [9.17, 15) is 4.79 Å². The fraction of sp³-hybridized carbons (Fsp3) is 0.333. The lowest BCUT2D eigenvalue weighted by atomic mass is 10.0. The number of carbonyl (C=O) groups excluding carboxylic acids is 1. The minimum Gasteiger partial charge on any atom is -0.354 e. The second-order valence-corrected chi connectivity index (χ2v) is 3.54. The van der Waals surface area contributed by atoms with Gasteiger partial charge in [-0.1, -0.05) is 30.3 Å². The normalized spacial score (nSPS) is 17.3. The van der Waals surface area contributed by atoms with Crippen molar-refractivity contribution in [2.24, 2.45) is 4.99 Å². The Morgan fingerprint density at radius 1 is 1.13 bits per heavy atom. The zero-order chi connectivity index (χ0) is 10.5. The van der Waals surface area contributed by atoms with Gasteiger partial charge in [-0.2, -0.15) is 0 Å². The number of hydrogen-bond donors (Lipinski definition) is 1. The predicted octanol–water partition coefficient (Wildman–Crippen LogP) is 1.39. The van der Waals surface area contributed by atoms with Crippen LogP contribution in [0.4, 0.5) is 0 Å². The number of benzene rings is 1. The summed E-state index contributed by atoms with van der Waals surface area (Å²) in [6.45, 7) is 1.32. The average molecular weight is 202 g/mol. The van der Waals surface area contributed by atoms with Gasteiger partial charge in [0.2, 0.25) is 5.91 Å². The van der Waals surface area contributed by atoms with Gasteiger partial charge in [-0.05, 0) is 12.0 Å². The van der Waals surface area contributed by atoms with Gasteiger partial charge in [-0.25, -0.2) is 0 Å². The van der Waals surface area contributed by atoms with E-state index in [1.807, 2.05) is 30.3 Å². The van der Waals surface area contributed by atoms with Crippen LogP contribution in [0.5, 0.6) is 0 Å². The van der Waals surface area contributed by atoms with Crippen LogP contribution in [0, 0.1) is 0 Å². The highest BCUT2D eigenvalue weighted by atomic mass is 16.1. The molecule has 0 unspecified atom stereocenters.